The number of phenols is 1. The zero-order chi connectivity index (χ0) is 29.5. The highest BCUT2D eigenvalue weighted by atomic mass is 19.4. The van der Waals surface area contributed by atoms with Crippen LogP contribution in [0.4, 0.5) is 22.0 Å². The Bertz CT molecular complexity index is 1040. The largest absolute Gasteiger partial charge is 0.508 e. The lowest BCUT2D eigenvalue weighted by atomic mass is 9.45. The molecular formula is C34H48F5O2. The van der Waals surface area contributed by atoms with Gasteiger partial charge in [0.2, 0.25) is 0 Å². The summed E-state index contributed by atoms with van der Waals surface area (Å²) in [6, 6.07) is 6.02. The summed E-state index contributed by atoms with van der Waals surface area (Å²) in [5, 5.41) is 21.9. The SMILES string of the molecule is C[C@]12C[C@H](CCCCCCCCC[CH]CCC(F)(F)C(F)(F)F)C3c4ccc(O)cc4CCC3C13CCC2(O)CC3. The van der Waals surface area contributed by atoms with Gasteiger partial charge in [0.15, 0.2) is 0 Å². The number of hydrogen-bond acceptors (Lipinski definition) is 2. The molecule has 2 unspecified atom stereocenters. The second kappa shape index (κ2) is 11.6. The first-order valence-electron chi connectivity index (χ1n) is 16.1. The van der Waals surface area contributed by atoms with Gasteiger partial charge in [-0.25, -0.2) is 0 Å². The second-order valence-electron chi connectivity index (χ2n) is 14.1. The van der Waals surface area contributed by atoms with Gasteiger partial charge in [-0.3, -0.25) is 0 Å². The molecule has 3 saturated carbocycles. The van der Waals surface area contributed by atoms with E-state index in [9.17, 15) is 32.2 Å². The Labute approximate surface area is 242 Å². The number of fused-ring (bicyclic) bond motifs is 3. The predicted octanol–water partition coefficient (Wildman–Crippen LogP) is 10.1. The third kappa shape index (κ3) is 5.55. The van der Waals surface area contributed by atoms with E-state index in [0.29, 0.717) is 29.9 Å². The van der Waals surface area contributed by atoms with Crippen molar-refractivity contribution < 1.29 is 32.2 Å². The maximum absolute atomic E-state index is 13.0. The highest BCUT2D eigenvalue weighted by molar-refractivity contribution is 5.42. The average Bonchev–Trinajstić information content (AvgIpc) is 3.28. The van der Waals surface area contributed by atoms with E-state index in [-0.39, 0.29) is 17.3 Å². The molecule has 0 saturated heterocycles. The van der Waals surface area contributed by atoms with Gasteiger partial charge in [0.05, 0.1) is 5.60 Å². The van der Waals surface area contributed by atoms with E-state index in [4.69, 9.17) is 0 Å². The van der Waals surface area contributed by atoms with Crippen LogP contribution < -0.4 is 0 Å². The van der Waals surface area contributed by atoms with Crippen LogP contribution in [0.5, 0.6) is 5.75 Å². The number of phenolic OH excluding ortho intramolecular Hbond substituents is 1. The van der Waals surface area contributed by atoms with Crippen molar-refractivity contribution in [1.82, 2.24) is 0 Å². The lowest BCUT2D eigenvalue weighted by Crippen LogP contribution is -2.54. The van der Waals surface area contributed by atoms with Crippen molar-refractivity contribution >= 4 is 0 Å². The van der Waals surface area contributed by atoms with Crippen molar-refractivity contribution in [3.8, 4) is 5.75 Å². The summed E-state index contributed by atoms with van der Waals surface area (Å²) in [6.45, 7) is 2.40. The average molecular weight is 584 g/mol. The molecule has 2 N–H and O–H groups in total. The molecule has 2 nitrogen and oxygen atoms in total. The van der Waals surface area contributed by atoms with Crippen molar-refractivity contribution in [3.63, 3.8) is 0 Å². The molecule has 2 bridgehead atoms. The molecule has 3 fully saturated rings. The van der Waals surface area contributed by atoms with Gasteiger partial charge in [-0.15, -0.1) is 0 Å². The molecule has 41 heavy (non-hydrogen) atoms. The molecule has 1 aromatic carbocycles. The Morgan fingerprint density at radius 2 is 1.56 bits per heavy atom. The first kappa shape index (κ1) is 31.1. The standard InChI is InChI=1S/C34H48F5O2/c1-30-23-25(12-10-8-6-4-2-3-5-7-9-11-17-33(35,36)34(37,38)39)29-27-15-14-26(40)22-24(27)13-16-28(29)31(30)18-20-32(30,41)21-19-31/h9,14-15,22,25,28-29,40-41H,2-8,10-13,16-21,23H2,1H3/t25-,28?,29?,30-,31?,32?/m0/s1. The van der Waals surface area contributed by atoms with Crippen LogP contribution in [0.2, 0.25) is 0 Å². The molecule has 4 aliphatic carbocycles. The summed E-state index contributed by atoms with van der Waals surface area (Å²) in [6.07, 6.45) is 11.4. The molecule has 4 aliphatic rings. The second-order valence-corrected chi connectivity index (χ2v) is 14.1. The van der Waals surface area contributed by atoms with Gasteiger partial charge in [0.1, 0.15) is 5.75 Å². The van der Waals surface area contributed by atoms with E-state index >= 15 is 0 Å². The number of rotatable bonds is 13. The first-order valence-corrected chi connectivity index (χ1v) is 16.1. The van der Waals surface area contributed by atoms with E-state index in [1.54, 1.807) is 6.42 Å². The van der Waals surface area contributed by atoms with Gasteiger partial charge in [0, 0.05) is 11.8 Å². The van der Waals surface area contributed by atoms with Crippen molar-refractivity contribution in [2.75, 3.05) is 0 Å². The lowest BCUT2D eigenvalue weighted by molar-refractivity contribution is -0.284. The maximum atomic E-state index is 13.0. The van der Waals surface area contributed by atoms with Crippen molar-refractivity contribution in [1.29, 1.82) is 0 Å². The van der Waals surface area contributed by atoms with Gasteiger partial charge < -0.3 is 10.2 Å². The molecule has 0 spiro atoms. The normalized spacial score (nSPS) is 34.4. The quantitative estimate of drug-likeness (QED) is 0.179. The van der Waals surface area contributed by atoms with E-state index < -0.39 is 24.1 Å². The minimum atomic E-state index is -5.46. The molecule has 0 aliphatic heterocycles. The third-order valence-corrected chi connectivity index (χ3v) is 12.2. The topological polar surface area (TPSA) is 40.5 Å². The maximum Gasteiger partial charge on any atom is 0.453 e. The molecule has 5 rings (SSSR count). The number of halogens is 5. The van der Waals surface area contributed by atoms with Gasteiger partial charge in [-0.05, 0) is 111 Å². The molecule has 0 amide bonds. The fourth-order valence-electron chi connectivity index (χ4n) is 9.97. The van der Waals surface area contributed by atoms with Gasteiger partial charge in [0.25, 0.3) is 0 Å². The van der Waals surface area contributed by atoms with Crippen LogP contribution in [-0.4, -0.2) is 27.9 Å². The predicted molar refractivity (Wildman–Crippen MR) is 151 cm³/mol. The Kier molecular flexibility index (Phi) is 8.80. The zero-order valence-corrected chi connectivity index (χ0v) is 24.6. The molecule has 0 aromatic heterocycles. The first-order chi connectivity index (χ1) is 19.3. The highest BCUT2D eigenvalue weighted by Crippen LogP contribution is 2.78. The molecule has 4 atom stereocenters. The van der Waals surface area contributed by atoms with E-state index in [0.717, 1.165) is 77.0 Å². The molecular weight excluding hydrogens is 535 g/mol. The molecule has 7 heteroatoms. The number of aryl methyl sites for hydroxylation is 1. The fourth-order valence-corrected chi connectivity index (χ4v) is 9.97. The summed E-state index contributed by atoms with van der Waals surface area (Å²) < 4.78 is 62.6. The van der Waals surface area contributed by atoms with Gasteiger partial charge >= 0.3 is 12.1 Å². The fraction of sp³-hybridized carbons (Fsp3) is 0.794. The van der Waals surface area contributed by atoms with Crippen LogP contribution in [0.15, 0.2) is 18.2 Å². The van der Waals surface area contributed by atoms with Crippen LogP contribution in [0, 0.1) is 29.1 Å². The molecule has 0 heterocycles. The van der Waals surface area contributed by atoms with Crippen LogP contribution in [-0.2, 0) is 6.42 Å². The van der Waals surface area contributed by atoms with Crippen LogP contribution in [0.3, 0.4) is 0 Å². The molecule has 1 aromatic rings. The molecule has 231 valence electrons. The van der Waals surface area contributed by atoms with Crippen LogP contribution >= 0.6 is 0 Å². The van der Waals surface area contributed by atoms with Gasteiger partial charge in [-0.2, -0.15) is 22.0 Å². The minimum Gasteiger partial charge on any atom is -0.508 e. The number of aromatic hydroxyl groups is 1. The highest BCUT2D eigenvalue weighted by Gasteiger charge is 2.74. The monoisotopic (exact) mass is 583 g/mol. The number of hydrogen-bond donors (Lipinski definition) is 2. The van der Waals surface area contributed by atoms with E-state index in [2.05, 4.69) is 13.0 Å². The Balaban J connectivity index is 1.07. The van der Waals surface area contributed by atoms with Crippen molar-refractivity contribution in [2.45, 2.75) is 146 Å². The Hall–Kier alpha value is -1.37. The summed E-state index contributed by atoms with van der Waals surface area (Å²) in [4.78, 5) is 0. The number of aliphatic hydroxyl groups is 1. The van der Waals surface area contributed by atoms with Gasteiger partial charge in [-0.1, -0.05) is 64.4 Å². The van der Waals surface area contributed by atoms with Crippen LogP contribution in [0.1, 0.15) is 133 Å². The number of alkyl halides is 5. The van der Waals surface area contributed by atoms with Crippen molar-refractivity contribution in [3.05, 3.63) is 35.7 Å². The minimum absolute atomic E-state index is 0.0000831. The summed E-state index contributed by atoms with van der Waals surface area (Å²) in [5.41, 5.74) is 2.49. The van der Waals surface area contributed by atoms with E-state index in [1.165, 1.54) is 30.4 Å². The number of benzene rings is 1. The lowest BCUT2D eigenvalue weighted by Gasteiger charge is -2.59. The Morgan fingerprint density at radius 3 is 2.24 bits per heavy atom. The number of unbranched alkanes of at least 4 members (excludes halogenated alkanes) is 9. The summed E-state index contributed by atoms with van der Waals surface area (Å²) in [5.74, 6) is -2.57. The van der Waals surface area contributed by atoms with Crippen LogP contribution in [0.25, 0.3) is 0 Å². The van der Waals surface area contributed by atoms with E-state index in [1.807, 2.05) is 12.1 Å². The summed E-state index contributed by atoms with van der Waals surface area (Å²) >= 11 is 0. The zero-order valence-electron chi connectivity index (χ0n) is 24.6. The van der Waals surface area contributed by atoms with Crippen molar-refractivity contribution in [2.24, 2.45) is 22.7 Å². The third-order valence-electron chi connectivity index (χ3n) is 12.2. The molecule has 1 radical (unpaired) electrons. The summed E-state index contributed by atoms with van der Waals surface area (Å²) in [7, 11) is 0. The smallest absolute Gasteiger partial charge is 0.453 e. The Morgan fingerprint density at radius 1 is 0.902 bits per heavy atom.